The van der Waals surface area contributed by atoms with Crippen molar-refractivity contribution >= 4 is 17.1 Å². The van der Waals surface area contributed by atoms with Gasteiger partial charge >= 0.3 is 0 Å². The number of rotatable bonds is 2. The molecule has 1 atom stereocenters. The zero-order valence-electron chi connectivity index (χ0n) is 8.84. The van der Waals surface area contributed by atoms with Crippen molar-refractivity contribution in [3.8, 4) is 0 Å². The monoisotopic (exact) mass is 189 g/mol. The molecule has 0 amide bonds. The molecule has 0 saturated heterocycles. The summed E-state index contributed by atoms with van der Waals surface area (Å²) in [5, 5.41) is 0. The van der Waals surface area contributed by atoms with Gasteiger partial charge in [0, 0.05) is 0 Å². The molecular formula is C9H19NOS. The Morgan fingerprint density at radius 1 is 1.33 bits per heavy atom. The van der Waals surface area contributed by atoms with Gasteiger partial charge < -0.3 is 4.55 Å². The highest BCUT2D eigenvalue weighted by Crippen LogP contribution is 2.18. The van der Waals surface area contributed by atoms with Crippen LogP contribution in [0.15, 0.2) is 4.40 Å². The molecule has 0 bridgehead atoms. The van der Waals surface area contributed by atoms with E-state index in [1.807, 2.05) is 27.7 Å². The predicted octanol–water partition coefficient (Wildman–Crippen LogP) is 2.57. The van der Waals surface area contributed by atoms with E-state index in [0.29, 0.717) is 5.92 Å². The Hall–Kier alpha value is -0.0200. The molecule has 0 fully saturated rings. The topological polar surface area (TPSA) is 35.4 Å². The molecule has 0 aromatic heterocycles. The van der Waals surface area contributed by atoms with E-state index in [9.17, 15) is 4.55 Å². The van der Waals surface area contributed by atoms with Crippen molar-refractivity contribution in [2.45, 2.75) is 46.3 Å². The van der Waals surface area contributed by atoms with E-state index in [1.165, 1.54) is 0 Å². The Balaban J connectivity index is 4.34. The molecule has 12 heavy (non-hydrogen) atoms. The molecule has 0 spiro atoms. The Bertz CT molecular complexity index is 170. The normalized spacial score (nSPS) is 16.8. The third-order valence-electron chi connectivity index (χ3n) is 1.59. The third-order valence-corrected chi connectivity index (χ3v) is 3.09. The van der Waals surface area contributed by atoms with Crippen LogP contribution in [0.1, 0.15) is 41.5 Å². The van der Waals surface area contributed by atoms with Crippen molar-refractivity contribution in [3.05, 3.63) is 0 Å². The fraction of sp³-hybridized carbons (Fsp3) is 0.889. The van der Waals surface area contributed by atoms with Gasteiger partial charge in [0.05, 0.1) is 5.71 Å². The molecule has 0 aromatic carbocycles. The maximum absolute atomic E-state index is 11.5. The molecule has 72 valence electrons. The summed E-state index contributed by atoms with van der Waals surface area (Å²) in [7, 11) is 0. The lowest BCUT2D eigenvalue weighted by Gasteiger charge is -2.19. The van der Waals surface area contributed by atoms with Gasteiger partial charge in [0.15, 0.2) is 0 Å². The predicted molar refractivity (Wildman–Crippen MR) is 55.8 cm³/mol. The fourth-order valence-electron chi connectivity index (χ4n) is 0.373. The van der Waals surface area contributed by atoms with Crippen molar-refractivity contribution < 1.29 is 4.55 Å². The summed E-state index contributed by atoms with van der Waals surface area (Å²) in [6.45, 7) is 11.8. The molecule has 2 nitrogen and oxygen atoms in total. The summed E-state index contributed by atoms with van der Waals surface area (Å²) in [5.41, 5.74) is 0.961. The highest BCUT2D eigenvalue weighted by atomic mass is 32.2. The van der Waals surface area contributed by atoms with Crippen LogP contribution in [-0.2, 0) is 11.4 Å². The highest BCUT2D eigenvalue weighted by Gasteiger charge is 2.26. The molecule has 3 heteroatoms. The maximum Gasteiger partial charge on any atom is 0.144 e. The van der Waals surface area contributed by atoms with Gasteiger partial charge in [-0.25, -0.2) is 0 Å². The van der Waals surface area contributed by atoms with Crippen molar-refractivity contribution in [3.63, 3.8) is 0 Å². The van der Waals surface area contributed by atoms with Crippen LogP contribution in [0, 0.1) is 5.92 Å². The maximum atomic E-state index is 11.5. The lowest BCUT2D eigenvalue weighted by Crippen LogP contribution is -2.27. The van der Waals surface area contributed by atoms with Crippen LogP contribution in [0.25, 0.3) is 0 Å². The van der Waals surface area contributed by atoms with Gasteiger partial charge in [-0.2, -0.15) is 0 Å². The molecule has 0 aliphatic rings. The molecule has 0 aromatic rings. The minimum Gasteiger partial charge on any atom is -0.591 e. The van der Waals surface area contributed by atoms with Crippen molar-refractivity contribution in [1.82, 2.24) is 0 Å². The first-order chi connectivity index (χ1) is 5.25. The van der Waals surface area contributed by atoms with Crippen LogP contribution >= 0.6 is 0 Å². The van der Waals surface area contributed by atoms with Crippen LogP contribution < -0.4 is 0 Å². The second-order valence-corrected chi connectivity index (χ2v) is 6.15. The quantitative estimate of drug-likeness (QED) is 0.485. The summed E-state index contributed by atoms with van der Waals surface area (Å²) < 4.78 is 15.4. The van der Waals surface area contributed by atoms with E-state index in [1.54, 1.807) is 0 Å². The fourth-order valence-corrected chi connectivity index (χ4v) is 1.12. The Labute approximate surface area is 78.8 Å². The summed E-state index contributed by atoms with van der Waals surface area (Å²) in [6, 6.07) is 0. The summed E-state index contributed by atoms with van der Waals surface area (Å²) in [4.78, 5) is 0. The average Bonchev–Trinajstić information content (AvgIpc) is 1.85. The SMILES string of the molecule is C/C(=N\[S+]([O-])C(C)(C)C)C(C)C. The minimum absolute atomic E-state index is 0.240. The van der Waals surface area contributed by atoms with Gasteiger partial charge in [0.1, 0.15) is 16.1 Å². The largest absolute Gasteiger partial charge is 0.591 e. The zero-order valence-corrected chi connectivity index (χ0v) is 9.66. The number of hydrogen-bond donors (Lipinski definition) is 0. The highest BCUT2D eigenvalue weighted by molar-refractivity contribution is 7.91. The van der Waals surface area contributed by atoms with Crippen LogP contribution in [-0.4, -0.2) is 15.0 Å². The van der Waals surface area contributed by atoms with E-state index < -0.39 is 11.4 Å². The third kappa shape index (κ3) is 4.12. The van der Waals surface area contributed by atoms with Crippen LogP contribution in [0.4, 0.5) is 0 Å². The Morgan fingerprint density at radius 3 is 2.00 bits per heavy atom. The lowest BCUT2D eigenvalue weighted by atomic mass is 10.1. The first kappa shape index (κ1) is 12.0. The van der Waals surface area contributed by atoms with E-state index in [2.05, 4.69) is 18.2 Å². The number of nitrogens with zero attached hydrogens (tertiary/aromatic N) is 1. The van der Waals surface area contributed by atoms with Gasteiger partial charge in [-0.1, -0.05) is 18.2 Å². The van der Waals surface area contributed by atoms with Crippen molar-refractivity contribution in [1.29, 1.82) is 0 Å². The van der Waals surface area contributed by atoms with E-state index in [-0.39, 0.29) is 4.75 Å². The van der Waals surface area contributed by atoms with Crippen molar-refractivity contribution in [2.24, 2.45) is 10.3 Å². The van der Waals surface area contributed by atoms with Crippen molar-refractivity contribution in [2.75, 3.05) is 0 Å². The van der Waals surface area contributed by atoms with E-state index >= 15 is 0 Å². The molecular weight excluding hydrogens is 170 g/mol. The van der Waals surface area contributed by atoms with Gasteiger partial charge in [-0.15, -0.1) is 0 Å². The second kappa shape index (κ2) is 4.28. The number of hydrogen-bond acceptors (Lipinski definition) is 2. The molecule has 0 saturated carbocycles. The zero-order chi connectivity index (χ0) is 9.94. The summed E-state index contributed by atoms with van der Waals surface area (Å²) in [6.07, 6.45) is 0. The van der Waals surface area contributed by atoms with E-state index in [4.69, 9.17) is 0 Å². The first-order valence-corrected chi connectivity index (χ1v) is 5.33. The molecule has 0 N–H and O–H groups in total. The Kier molecular flexibility index (Phi) is 4.28. The van der Waals surface area contributed by atoms with Gasteiger partial charge in [0.2, 0.25) is 0 Å². The Morgan fingerprint density at radius 2 is 1.75 bits per heavy atom. The molecule has 0 aliphatic heterocycles. The standard InChI is InChI=1S/C9H19NOS/c1-7(2)8(3)10-12(11)9(4,5)6/h7H,1-6H3/b10-8+. The second-order valence-electron chi connectivity index (χ2n) is 4.25. The van der Waals surface area contributed by atoms with Crippen LogP contribution in [0.2, 0.25) is 0 Å². The summed E-state index contributed by atoms with van der Waals surface area (Å²) in [5.74, 6) is 0.385. The van der Waals surface area contributed by atoms with E-state index in [0.717, 1.165) is 5.71 Å². The van der Waals surface area contributed by atoms with Crippen LogP contribution in [0.3, 0.4) is 0 Å². The van der Waals surface area contributed by atoms with Gasteiger partial charge in [-0.05, 0) is 33.6 Å². The average molecular weight is 189 g/mol. The summed E-state index contributed by atoms with van der Waals surface area (Å²) >= 11 is -1.10. The van der Waals surface area contributed by atoms with Gasteiger partial charge in [-0.3, -0.25) is 0 Å². The minimum atomic E-state index is -1.10. The molecule has 0 aliphatic carbocycles. The van der Waals surface area contributed by atoms with Crippen LogP contribution in [0.5, 0.6) is 0 Å². The molecule has 0 radical (unpaired) electrons. The molecule has 0 rings (SSSR count). The molecule has 1 unspecified atom stereocenters. The first-order valence-electron chi connectivity index (χ1n) is 4.22. The lowest BCUT2D eigenvalue weighted by molar-refractivity contribution is 0.561. The smallest absolute Gasteiger partial charge is 0.144 e. The molecule has 0 heterocycles. The van der Waals surface area contributed by atoms with Gasteiger partial charge in [0.25, 0.3) is 0 Å².